The van der Waals surface area contributed by atoms with Crippen molar-refractivity contribution in [3.05, 3.63) is 144 Å². The van der Waals surface area contributed by atoms with Gasteiger partial charge in [0.05, 0.1) is 8.41 Å². The predicted molar refractivity (Wildman–Crippen MR) is 171 cm³/mol. The normalized spacial score (nSPS) is 25.2. The lowest BCUT2D eigenvalue weighted by atomic mass is 9.90. The number of rotatable bonds is 5. The summed E-state index contributed by atoms with van der Waals surface area (Å²) in [5, 5.41) is 0.432. The summed E-state index contributed by atoms with van der Waals surface area (Å²) in [7, 11) is 2.06. The van der Waals surface area contributed by atoms with E-state index in [-0.39, 0.29) is 8.41 Å². The summed E-state index contributed by atoms with van der Waals surface area (Å²) in [5.41, 5.74) is 8.50. The highest BCUT2D eigenvalue weighted by molar-refractivity contribution is 7.40. The highest BCUT2D eigenvalue weighted by atomic mass is 31.1. The lowest BCUT2D eigenvalue weighted by Gasteiger charge is -2.29. The Bertz CT molecular complexity index is 1140. The molecule has 0 radical (unpaired) electrons. The second-order valence-electron chi connectivity index (χ2n) is 10.1. The molecule has 0 aromatic heterocycles. The van der Waals surface area contributed by atoms with Crippen LogP contribution in [0.3, 0.4) is 0 Å². The second kappa shape index (κ2) is 13.6. The molecule has 0 amide bonds. The van der Waals surface area contributed by atoms with Gasteiger partial charge in [0.1, 0.15) is 0 Å². The molecule has 2 saturated heterocycles. The molecule has 3 heteroatoms. The zero-order valence-electron chi connectivity index (χ0n) is 21.3. The maximum absolute atomic E-state index is 2.35. The van der Waals surface area contributed by atoms with Gasteiger partial charge in [-0.3, -0.25) is 0 Å². The summed E-state index contributed by atoms with van der Waals surface area (Å²) < 4.78 is 0. The molecule has 0 saturated carbocycles. The van der Waals surface area contributed by atoms with Gasteiger partial charge in [-0.2, -0.15) is 0 Å². The summed E-state index contributed by atoms with van der Waals surface area (Å²) in [6.45, 7) is 2.35. The molecule has 5 atom stereocenters. The number of hydrogen-bond acceptors (Lipinski definition) is 0. The third kappa shape index (κ3) is 6.82. The Morgan fingerprint density at radius 2 is 0.973 bits per heavy atom. The van der Waals surface area contributed by atoms with E-state index in [1.807, 2.05) is 0 Å². The lowest BCUT2D eigenvalue weighted by Crippen LogP contribution is -2.15. The van der Waals surface area contributed by atoms with Crippen molar-refractivity contribution in [2.75, 3.05) is 0 Å². The van der Waals surface area contributed by atoms with Crippen LogP contribution in [-0.2, 0) is 5.16 Å². The quantitative estimate of drug-likeness (QED) is 0.181. The molecule has 0 aliphatic carbocycles. The first-order chi connectivity index (χ1) is 17.8. The molecular weight excluding hydrogens is 481 g/mol. The van der Waals surface area contributed by atoms with Crippen LogP contribution >= 0.6 is 17.2 Å². The molecule has 2 heterocycles. The maximum atomic E-state index is 2.35. The molecule has 190 valence electrons. The molecular formula is C34H41BP2. The van der Waals surface area contributed by atoms with Gasteiger partial charge in [-0.25, -0.2) is 0 Å². The Morgan fingerprint density at radius 1 is 0.568 bits per heavy atom. The Balaban J connectivity index is 0.000000169. The SMILES string of the molecule is B.CC[C@]1(c2ccccc2)CC[C@H](c2ccccc2)P1.c1ccc([C@H]2CC[C@H](c3ccccc3)P2)cc1. The Morgan fingerprint density at radius 3 is 1.41 bits per heavy atom. The van der Waals surface area contributed by atoms with Crippen LogP contribution in [0.15, 0.2) is 121 Å². The monoisotopic (exact) mass is 522 g/mol. The summed E-state index contributed by atoms with van der Waals surface area (Å²) in [5.74, 6) is 0. The smallest absolute Gasteiger partial charge is 0.0814 e. The molecule has 4 aromatic rings. The first kappa shape index (κ1) is 27.8. The Hall–Kier alpha value is -2.20. The van der Waals surface area contributed by atoms with Crippen LogP contribution in [0, 0.1) is 0 Å². The maximum Gasteiger partial charge on any atom is 0.0814 e. The molecule has 1 unspecified atom stereocenters. The fourth-order valence-electron chi connectivity index (χ4n) is 5.91. The third-order valence-electron chi connectivity index (χ3n) is 7.99. The summed E-state index contributed by atoms with van der Waals surface area (Å²) in [6.07, 6.45) is 6.64. The van der Waals surface area contributed by atoms with Crippen LogP contribution in [0.1, 0.15) is 78.3 Å². The van der Waals surface area contributed by atoms with E-state index < -0.39 is 0 Å². The van der Waals surface area contributed by atoms with Crippen LogP contribution in [0.4, 0.5) is 0 Å². The van der Waals surface area contributed by atoms with E-state index in [4.69, 9.17) is 0 Å². The van der Waals surface area contributed by atoms with Crippen molar-refractivity contribution in [2.24, 2.45) is 0 Å². The minimum absolute atomic E-state index is 0. The first-order valence-corrected chi connectivity index (χ1v) is 15.7. The van der Waals surface area contributed by atoms with Gasteiger partial charge in [-0.05, 0) is 54.4 Å². The third-order valence-corrected chi connectivity index (χ3v) is 12.5. The van der Waals surface area contributed by atoms with Gasteiger partial charge < -0.3 is 0 Å². The fourth-order valence-corrected chi connectivity index (χ4v) is 9.97. The molecule has 2 aliphatic rings. The topological polar surface area (TPSA) is 0 Å². The molecule has 2 aliphatic heterocycles. The highest BCUT2D eigenvalue weighted by Gasteiger charge is 2.39. The molecule has 0 bridgehead atoms. The fraction of sp³-hybridized carbons (Fsp3) is 0.294. The van der Waals surface area contributed by atoms with Gasteiger partial charge in [-0.1, -0.05) is 128 Å². The molecule has 0 N–H and O–H groups in total. The first-order valence-electron chi connectivity index (χ1n) is 13.5. The minimum Gasteiger partial charge on any atom is -0.107 e. The van der Waals surface area contributed by atoms with Crippen molar-refractivity contribution in [1.82, 2.24) is 0 Å². The van der Waals surface area contributed by atoms with E-state index in [1.54, 1.807) is 5.56 Å². The molecule has 0 nitrogen and oxygen atoms in total. The molecule has 0 spiro atoms. The van der Waals surface area contributed by atoms with E-state index in [1.165, 1.54) is 48.8 Å². The summed E-state index contributed by atoms with van der Waals surface area (Å²) in [6, 6.07) is 44.2. The van der Waals surface area contributed by atoms with E-state index in [0.717, 1.165) is 34.1 Å². The predicted octanol–water partition coefficient (Wildman–Crippen LogP) is 9.26. The molecule has 37 heavy (non-hydrogen) atoms. The number of hydrogen-bond donors (Lipinski definition) is 0. The average molecular weight is 522 g/mol. The van der Waals surface area contributed by atoms with Crippen LogP contribution in [0.5, 0.6) is 0 Å². The zero-order chi connectivity index (χ0) is 24.6. The highest BCUT2D eigenvalue weighted by Crippen LogP contribution is 2.63. The van der Waals surface area contributed by atoms with Gasteiger partial charge in [0.15, 0.2) is 0 Å². The standard InChI is InChI=1S/C18H21P.C16H17P.BH3/c1-2-18(16-11-7-4-8-12-16)14-13-17(19-18)15-9-5-3-6-10-15;1-3-7-13(8-4-1)15-11-12-16(17-15)14-9-5-2-6-10-14;/h3-12,17,19H,2,13-14H2,1H3;1-10,15-17H,11-12H2;1H3/t17-,18-;15-,16-;/m11./s1. The Labute approximate surface area is 229 Å². The molecule has 6 rings (SSSR count). The minimum atomic E-state index is 0. The van der Waals surface area contributed by atoms with Crippen LogP contribution in [-0.4, -0.2) is 8.41 Å². The van der Waals surface area contributed by atoms with Gasteiger partial charge >= 0.3 is 0 Å². The van der Waals surface area contributed by atoms with Gasteiger partial charge in [0.25, 0.3) is 0 Å². The molecule has 4 aromatic carbocycles. The summed E-state index contributed by atoms with van der Waals surface area (Å²) in [4.78, 5) is 0. The number of benzene rings is 4. The van der Waals surface area contributed by atoms with E-state index in [9.17, 15) is 0 Å². The van der Waals surface area contributed by atoms with Crippen LogP contribution in [0.25, 0.3) is 0 Å². The van der Waals surface area contributed by atoms with Crippen molar-refractivity contribution in [2.45, 2.75) is 61.2 Å². The zero-order valence-corrected chi connectivity index (χ0v) is 23.3. The van der Waals surface area contributed by atoms with Crippen molar-refractivity contribution in [1.29, 1.82) is 0 Å². The van der Waals surface area contributed by atoms with Crippen molar-refractivity contribution in [3.63, 3.8) is 0 Å². The van der Waals surface area contributed by atoms with Crippen LogP contribution in [0.2, 0.25) is 0 Å². The van der Waals surface area contributed by atoms with Gasteiger partial charge in [0.2, 0.25) is 0 Å². The van der Waals surface area contributed by atoms with E-state index in [2.05, 4.69) is 128 Å². The van der Waals surface area contributed by atoms with E-state index >= 15 is 0 Å². The Kier molecular flexibility index (Phi) is 10.2. The van der Waals surface area contributed by atoms with Crippen molar-refractivity contribution >= 4 is 25.6 Å². The summed E-state index contributed by atoms with van der Waals surface area (Å²) >= 11 is 0. The second-order valence-corrected chi connectivity index (χ2v) is 13.8. The van der Waals surface area contributed by atoms with Crippen LogP contribution < -0.4 is 0 Å². The van der Waals surface area contributed by atoms with Gasteiger partial charge in [0, 0.05) is 22.1 Å². The van der Waals surface area contributed by atoms with Crippen molar-refractivity contribution in [3.8, 4) is 0 Å². The lowest BCUT2D eigenvalue weighted by molar-refractivity contribution is 0.557. The largest absolute Gasteiger partial charge is 0.107 e. The molecule has 2 fully saturated rings. The average Bonchev–Trinajstić information content (AvgIpc) is 3.65. The van der Waals surface area contributed by atoms with E-state index in [0.29, 0.717) is 5.16 Å². The van der Waals surface area contributed by atoms with Crippen molar-refractivity contribution < 1.29 is 0 Å². The van der Waals surface area contributed by atoms with Gasteiger partial charge in [-0.15, -0.1) is 17.2 Å².